The first-order valence-corrected chi connectivity index (χ1v) is 36.8. The molecular weight excluding hydrogens is 1010 g/mol. The van der Waals surface area contributed by atoms with E-state index in [1.807, 2.05) is 27.2 Å². The molecule has 0 aliphatic carbocycles. The van der Waals surface area contributed by atoms with E-state index in [0.29, 0.717) is 17.4 Å². The molecule has 0 spiro atoms. The average molecular weight is 1150 g/mol. The number of aliphatic hydroxyl groups is 1. The number of carbonyl (C=O) groups excluding carboxylic acids is 1. The second kappa shape index (κ2) is 62.3. The van der Waals surface area contributed by atoms with Gasteiger partial charge in [-0.25, -0.2) is 0 Å². The van der Waals surface area contributed by atoms with Crippen LogP contribution in [0.2, 0.25) is 0 Å². The summed E-state index contributed by atoms with van der Waals surface area (Å²) in [5.41, 5.74) is 0. The summed E-state index contributed by atoms with van der Waals surface area (Å²) < 4.78 is 23.4. The number of phosphoric ester groups is 1. The van der Waals surface area contributed by atoms with Gasteiger partial charge in [0.1, 0.15) is 13.2 Å². The second-order valence-corrected chi connectivity index (χ2v) is 27.0. The van der Waals surface area contributed by atoms with E-state index >= 15 is 0 Å². The van der Waals surface area contributed by atoms with E-state index in [1.165, 1.54) is 295 Å². The molecule has 8 nitrogen and oxygen atoms in total. The number of carbonyl (C=O) groups is 1. The van der Waals surface area contributed by atoms with Crippen molar-refractivity contribution < 1.29 is 32.9 Å². The maximum atomic E-state index is 13.0. The van der Waals surface area contributed by atoms with Crippen LogP contribution in [-0.2, 0) is 18.4 Å². The van der Waals surface area contributed by atoms with E-state index in [9.17, 15) is 19.4 Å². The van der Waals surface area contributed by atoms with Crippen molar-refractivity contribution in [3.05, 3.63) is 36.5 Å². The van der Waals surface area contributed by atoms with Crippen molar-refractivity contribution in [3.63, 3.8) is 0 Å². The standard InChI is InChI=1S/C71H139N2O6P/c1-6-8-10-12-14-16-18-20-22-24-26-28-29-30-31-32-33-34-35-36-37-38-39-40-41-42-43-45-47-49-51-53-55-57-59-61-63-65-71(75)72-69(68-79-80(76,77)78-67-66-73(3,4)5)70(74)64-62-60-58-56-54-52-50-48-46-44-27-25-23-21-19-17-15-13-11-9-7-2/h18,20,24,26,62,64,69-70,74H,6-17,19,21-23,25,27-61,63,65-68H2,1-5H3,(H-,72,75,76,77)/b20-18-,26-24-,64-62+. The van der Waals surface area contributed by atoms with Gasteiger partial charge >= 0.3 is 0 Å². The van der Waals surface area contributed by atoms with Crippen molar-refractivity contribution in [2.24, 2.45) is 0 Å². The molecule has 0 rings (SSSR count). The number of aliphatic hydroxyl groups excluding tert-OH is 1. The maximum Gasteiger partial charge on any atom is 0.268 e. The Kier molecular flexibility index (Phi) is 61.3. The lowest BCUT2D eigenvalue weighted by Gasteiger charge is -2.29. The minimum absolute atomic E-state index is 0.00156. The summed E-state index contributed by atoms with van der Waals surface area (Å²) >= 11 is 0. The van der Waals surface area contributed by atoms with E-state index in [-0.39, 0.29) is 19.1 Å². The monoisotopic (exact) mass is 1150 g/mol. The molecule has 0 fully saturated rings. The number of likely N-dealkylation sites (N-methyl/N-ethyl adjacent to an activating group) is 1. The highest BCUT2D eigenvalue weighted by Crippen LogP contribution is 2.38. The fourth-order valence-corrected chi connectivity index (χ4v) is 11.6. The smallest absolute Gasteiger partial charge is 0.268 e. The van der Waals surface area contributed by atoms with Crippen LogP contribution in [0.4, 0.5) is 0 Å². The van der Waals surface area contributed by atoms with Crippen LogP contribution in [0.1, 0.15) is 361 Å². The third-order valence-electron chi connectivity index (χ3n) is 16.3. The normalized spacial score (nSPS) is 13.8. The van der Waals surface area contributed by atoms with Gasteiger partial charge in [0.15, 0.2) is 0 Å². The van der Waals surface area contributed by atoms with Crippen LogP contribution < -0.4 is 10.2 Å². The first-order valence-electron chi connectivity index (χ1n) is 35.4. The molecule has 1 amide bonds. The Balaban J connectivity index is 3.96. The van der Waals surface area contributed by atoms with Gasteiger partial charge in [-0.2, -0.15) is 0 Å². The number of hydrogen-bond donors (Lipinski definition) is 2. The van der Waals surface area contributed by atoms with Crippen molar-refractivity contribution >= 4 is 13.7 Å². The minimum Gasteiger partial charge on any atom is -0.756 e. The maximum absolute atomic E-state index is 13.0. The predicted octanol–water partition coefficient (Wildman–Crippen LogP) is 21.8. The summed E-state index contributed by atoms with van der Waals surface area (Å²) in [6.07, 6.45) is 82.7. The van der Waals surface area contributed by atoms with E-state index in [1.54, 1.807) is 6.08 Å². The van der Waals surface area contributed by atoms with Crippen molar-refractivity contribution in [2.45, 2.75) is 373 Å². The second-order valence-electron chi connectivity index (χ2n) is 25.6. The van der Waals surface area contributed by atoms with Crippen molar-refractivity contribution in [1.82, 2.24) is 5.32 Å². The van der Waals surface area contributed by atoms with Gasteiger partial charge in [0, 0.05) is 6.42 Å². The summed E-state index contributed by atoms with van der Waals surface area (Å²) in [5.74, 6) is -0.189. The molecule has 0 aromatic rings. The Morgan fingerprint density at radius 2 is 0.725 bits per heavy atom. The zero-order valence-electron chi connectivity index (χ0n) is 54.3. The largest absolute Gasteiger partial charge is 0.756 e. The third kappa shape index (κ3) is 64.3. The molecule has 3 atom stereocenters. The van der Waals surface area contributed by atoms with Crippen molar-refractivity contribution in [1.29, 1.82) is 0 Å². The summed E-state index contributed by atoms with van der Waals surface area (Å²) in [6.45, 7) is 4.69. The van der Waals surface area contributed by atoms with Crippen LogP contribution in [0.5, 0.6) is 0 Å². The fraction of sp³-hybridized carbons (Fsp3) is 0.901. The van der Waals surface area contributed by atoms with Crippen LogP contribution in [0.3, 0.4) is 0 Å². The summed E-state index contributed by atoms with van der Waals surface area (Å²) in [5, 5.41) is 14.0. The van der Waals surface area contributed by atoms with Crippen LogP contribution in [0, 0.1) is 0 Å². The number of allylic oxidation sites excluding steroid dienone is 5. The summed E-state index contributed by atoms with van der Waals surface area (Å²) in [6, 6.07) is -0.885. The Morgan fingerprint density at radius 3 is 1.04 bits per heavy atom. The lowest BCUT2D eigenvalue weighted by molar-refractivity contribution is -0.870. The van der Waals surface area contributed by atoms with Gasteiger partial charge in [-0.3, -0.25) is 9.36 Å². The number of nitrogens with zero attached hydrogens (tertiary/aromatic N) is 1. The molecule has 0 aromatic heterocycles. The Labute approximate surface area is 499 Å². The first kappa shape index (κ1) is 78.7. The molecule has 2 N–H and O–H groups in total. The molecule has 3 unspecified atom stereocenters. The Bertz CT molecular complexity index is 1400. The molecule has 0 heterocycles. The van der Waals surface area contributed by atoms with E-state index in [2.05, 4.69) is 43.5 Å². The number of unbranched alkanes of at least 4 members (excludes halogenated alkanes) is 49. The molecule has 0 aliphatic rings. The third-order valence-corrected chi connectivity index (χ3v) is 17.3. The number of quaternary nitrogens is 1. The van der Waals surface area contributed by atoms with Crippen LogP contribution in [0.15, 0.2) is 36.5 Å². The van der Waals surface area contributed by atoms with Crippen molar-refractivity contribution in [2.75, 3.05) is 40.9 Å². The van der Waals surface area contributed by atoms with Gasteiger partial charge in [-0.1, -0.05) is 339 Å². The minimum atomic E-state index is -4.60. The molecule has 9 heteroatoms. The quantitative estimate of drug-likeness (QED) is 0.0272. The molecule has 0 bridgehead atoms. The molecule has 80 heavy (non-hydrogen) atoms. The Hall–Kier alpha value is -1.28. The Morgan fingerprint density at radius 1 is 0.438 bits per heavy atom. The highest BCUT2D eigenvalue weighted by molar-refractivity contribution is 7.45. The number of phosphoric acid groups is 1. The molecule has 0 saturated heterocycles. The van der Waals surface area contributed by atoms with Gasteiger partial charge in [-0.15, -0.1) is 0 Å². The zero-order chi connectivity index (χ0) is 58.4. The predicted molar refractivity (Wildman–Crippen MR) is 348 cm³/mol. The summed E-state index contributed by atoms with van der Waals surface area (Å²) in [7, 11) is 1.28. The van der Waals surface area contributed by atoms with E-state index < -0.39 is 20.0 Å². The highest BCUT2D eigenvalue weighted by Gasteiger charge is 2.23. The van der Waals surface area contributed by atoms with E-state index in [0.717, 1.165) is 44.9 Å². The highest BCUT2D eigenvalue weighted by atomic mass is 31.2. The van der Waals surface area contributed by atoms with Crippen LogP contribution in [-0.4, -0.2) is 68.5 Å². The molecule has 0 saturated carbocycles. The molecule has 474 valence electrons. The molecular formula is C71H139N2O6P. The fourth-order valence-electron chi connectivity index (χ4n) is 10.8. The molecule has 0 aromatic carbocycles. The summed E-state index contributed by atoms with van der Waals surface area (Å²) in [4.78, 5) is 25.6. The number of hydrogen-bond acceptors (Lipinski definition) is 6. The van der Waals surface area contributed by atoms with Crippen LogP contribution >= 0.6 is 7.82 Å². The average Bonchev–Trinajstić information content (AvgIpc) is 3.42. The lowest BCUT2D eigenvalue weighted by atomic mass is 10.0. The topological polar surface area (TPSA) is 108 Å². The van der Waals surface area contributed by atoms with E-state index in [4.69, 9.17) is 9.05 Å². The molecule has 0 aliphatic heterocycles. The number of nitrogens with one attached hydrogen (secondary N) is 1. The molecule has 0 radical (unpaired) electrons. The lowest BCUT2D eigenvalue weighted by Crippen LogP contribution is -2.45. The van der Waals surface area contributed by atoms with Gasteiger partial charge in [0.2, 0.25) is 5.91 Å². The van der Waals surface area contributed by atoms with Gasteiger partial charge in [-0.05, 0) is 51.4 Å². The van der Waals surface area contributed by atoms with Crippen LogP contribution in [0.25, 0.3) is 0 Å². The number of amides is 1. The van der Waals surface area contributed by atoms with Crippen molar-refractivity contribution in [3.8, 4) is 0 Å². The van der Waals surface area contributed by atoms with Gasteiger partial charge in [0.25, 0.3) is 7.82 Å². The number of rotatable bonds is 66. The van der Waals surface area contributed by atoms with Gasteiger partial charge in [0.05, 0.1) is 39.9 Å². The van der Waals surface area contributed by atoms with Gasteiger partial charge < -0.3 is 28.8 Å². The first-order chi connectivity index (χ1) is 39.0. The zero-order valence-corrected chi connectivity index (χ0v) is 55.2. The SMILES string of the molecule is CCCCCCC/C=C\C/C=C\CCCCCCCCCCCCCCCCCCCCCCCCCCCC(=O)NC(COP(=O)([O-])OCC[N+](C)(C)C)C(O)/C=C/CCCCCCCCCCCCCCCCCCCCC.